The second-order valence-electron chi connectivity index (χ2n) is 9.13. The quantitative estimate of drug-likeness (QED) is 0.131. The van der Waals surface area contributed by atoms with Crippen molar-refractivity contribution >= 4 is 58.7 Å². The molecule has 0 aliphatic rings. The number of pyridine rings is 1. The molecule has 0 atom stereocenters. The average Bonchev–Trinajstić information content (AvgIpc) is 2.90. The highest BCUT2D eigenvalue weighted by atomic mass is 32.1. The standard InChI is InChI=1S/C31H24N2O2S/c1-3-21(4-2)33-30(34)24-16-15-23-22-7-5-6-8-26(22)36-29-19(12-9-18-10-13-20(32)14-11-18)17-25(31(33)35)27(24)28(23)29/h5-8,10-11,13-17,21H,3-4,32H2,1-2H3. The first kappa shape index (κ1) is 22.3. The minimum atomic E-state index is -0.232. The summed E-state index contributed by atoms with van der Waals surface area (Å²) in [5.74, 6) is 6.59. The summed E-state index contributed by atoms with van der Waals surface area (Å²) in [6.07, 6.45) is 1.44. The number of nitrogens with zero attached hydrogens (tertiary/aromatic N) is 1. The van der Waals surface area contributed by atoms with Crippen molar-refractivity contribution in [2.24, 2.45) is 0 Å². The fourth-order valence-corrected chi connectivity index (χ4v) is 6.42. The van der Waals surface area contributed by atoms with E-state index in [1.165, 1.54) is 4.57 Å². The van der Waals surface area contributed by atoms with Crippen LogP contribution in [0.1, 0.15) is 43.9 Å². The SMILES string of the molecule is CCC(CC)n1c(=O)c2ccc3c4ccccc4sc4c(C#Cc5ccc(N)cc5)cc(c1=O)c2c43. The minimum absolute atomic E-state index is 0.139. The smallest absolute Gasteiger partial charge is 0.261 e. The molecule has 0 unspecified atom stereocenters. The number of rotatable bonds is 3. The number of hydrogen-bond donors (Lipinski definition) is 1. The molecule has 0 saturated heterocycles. The number of fused-ring (bicyclic) bond motifs is 2. The zero-order valence-corrected chi connectivity index (χ0v) is 20.9. The van der Waals surface area contributed by atoms with Crippen LogP contribution in [0.15, 0.2) is 76.3 Å². The number of nitrogens with two attached hydrogens (primary N) is 1. The molecule has 0 saturated carbocycles. The third-order valence-electron chi connectivity index (χ3n) is 7.08. The lowest BCUT2D eigenvalue weighted by atomic mass is 9.95. The molecular formula is C31H24N2O2S. The molecule has 2 N–H and O–H groups in total. The summed E-state index contributed by atoms with van der Waals surface area (Å²) in [4.78, 5) is 27.5. The molecule has 0 amide bonds. The van der Waals surface area contributed by atoms with Gasteiger partial charge >= 0.3 is 0 Å². The van der Waals surface area contributed by atoms with Gasteiger partial charge in [0.1, 0.15) is 0 Å². The van der Waals surface area contributed by atoms with Crippen molar-refractivity contribution in [3.05, 3.63) is 98.6 Å². The Bertz CT molecular complexity index is 1970. The van der Waals surface area contributed by atoms with Gasteiger partial charge < -0.3 is 5.73 Å². The average molecular weight is 489 g/mol. The molecule has 0 spiro atoms. The van der Waals surface area contributed by atoms with Crippen LogP contribution in [-0.2, 0) is 0 Å². The molecule has 0 bridgehead atoms. The first-order valence-electron chi connectivity index (χ1n) is 12.2. The predicted molar refractivity (Wildman–Crippen MR) is 153 cm³/mol. The molecule has 6 aromatic rings. The lowest BCUT2D eigenvalue weighted by molar-refractivity contribution is 0.451. The maximum absolute atomic E-state index is 13.8. The number of nitrogen functional groups attached to an aromatic ring is 1. The van der Waals surface area contributed by atoms with E-state index in [9.17, 15) is 9.59 Å². The van der Waals surface area contributed by atoms with E-state index in [0.717, 1.165) is 54.9 Å². The first-order valence-corrected chi connectivity index (χ1v) is 13.0. The molecule has 176 valence electrons. The Balaban J connectivity index is 1.80. The fraction of sp³-hybridized carbons (Fsp3) is 0.161. The van der Waals surface area contributed by atoms with Crippen LogP contribution in [0.3, 0.4) is 0 Å². The van der Waals surface area contributed by atoms with E-state index in [1.54, 1.807) is 11.3 Å². The third kappa shape index (κ3) is 3.30. The van der Waals surface area contributed by atoms with Crippen LogP contribution in [0.5, 0.6) is 0 Å². The Morgan fingerprint density at radius 3 is 2.25 bits per heavy atom. The number of aromatic nitrogens is 1. The molecule has 0 fully saturated rings. The van der Waals surface area contributed by atoms with E-state index in [0.29, 0.717) is 16.5 Å². The van der Waals surface area contributed by atoms with Gasteiger partial charge in [-0.1, -0.05) is 50.0 Å². The highest BCUT2D eigenvalue weighted by Crippen LogP contribution is 2.41. The molecule has 4 aromatic carbocycles. The second-order valence-corrected chi connectivity index (χ2v) is 10.2. The van der Waals surface area contributed by atoms with Gasteiger partial charge in [0, 0.05) is 43.7 Å². The molecule has 6 rings (SSSR count). The van der Waals surface area contributed by atoms with Gasteiger partial charge in [0.25, 0.3) is 11.1 Å². The molecule has 4 nitrogen and oxygen atoms in total. The molecule has 0 radical (unpaired) electrons. The lowest BCUT2D eigenvalue weighted by Crippen LogP contribution is -2.36. The topological polar surface area (TPSA) is 65.1 Å². The monoisotopic (exact) mass is 488 g/mol. The van der Waals surface area contributed by atoms with Gasteiger partial charge in [0.2, 0.25) is 0 Å². The molecule has 2 aromatic heterocycles. The Morgan fingerprint density at radius 1 is 0.806 bits per heavy atom. The largest absolute Gasteiger partial charge is 0.399 e. The van der Waals surface area contributed by atoms with Gasteiger partial charge in [-0.25, -0.2) is 0 Å². The summed E-state index contributed by atoms with van der Waals surface area (Å²) in [7, 11) is 0. The fourth-order valence-electron chi connectivity index (χ4n) is 5.24. The summed E-state index contributed by atoms with van der Waals surface area (Å²) in [5.41, 5.74) is 7.72. The Morgan fingerprint density at radius 2 is 1.50 bits per heavy atom. The predicted octanol–water partition coefficient (Wildman–Crippen LogP) is 6.66. The highest BCUT2D eigenvalue weighted by Gasteiger charge is 2.22. The summed E-state index contributed by atoms with van der Waals surface area (Å²) in [6.45, 7) is 4.03. The van der Waals surface area contributed by atoms with Gasteiger partial charge in [-0.15, -0.1) is 11.3 Å². The highest BCUT2D eigenvalue weighted by molar-refractivity contribution is 7.25. The molecule has 2 heterocycles. The van der Waals surface area contributed by atoms with Crippen LogP contribution >= 0.6 is 11.3 Å². The number of benzene rings is 4. The van der Waals surface area contributed by atoms with Gasteiger partial charge in [-0.2, -0.15) is 0 Å². The van der Waals surface area contributed by atoms with E-state index in [1.807, 2.05) is 68.4 Å². The summed E-state index contributed by atoms with van der Waals surface area (Å²) < 4.78 is 3.58. The molecule has 5 heteroatoms. The Kier molecular flexibility index (Phi) is 5.28. The van der Waals surface area contributed by atoms with Gasteiger partial charge in [-0.05, 0) is 66.1 Å². The normalized spacial score (nSPS) is 11.6. The Hall–Kier alpha value is -4.14. The molecule has 0 aliphatic heterocycles. The van der Waals surface area contributed by atoms with Crippen LogP contribution < -0.4 is 16.9 Å². The van der Waals surface area contributed by atoms with Crippen LogP contribution in [0.2, 0.25) is 0 Å². The van der Waals surface area contributed by atoms with Crippen molar-refractivity contribution < 1.29 is 0 Å². The van der Waals surface area contributed by atoms with E-state index >= 15 is 0 Å². The van der Waals surface area contributed by atoms with Gasteiger partial charge in [0.05, 0.1) is 10.1 Å². The zero-order chi connectivity index (χ0) is 25.0. The summed E-state index contributed by atoms with van der Waals surface area (Å²) in [6, 6.07) is 21.4. The van der Waals surface area contributed by atoms with Crippen molar-refractivity contribution in [3.8, 4) is 11.8 Å². The lowest BCUT2D eigenvalue weighted by Gasteiger charge is -2.19. The van der Waals surface area contributed by atoms with Crippen LogP contribution in [0.25, 0.3) is 41.7 Å². The maximum atomic E-state index is 13.8. The van der Waals surface area contributed by atoms with E-state index in [4.69, 9.17) is 5.73 Å². The maximum Gasteiger partial charge on any atom is 0.261 e. The summed E-state index contributed by atoms with van der Waals surface area (Å²) >= 11 is 1.65. The minimum Gasteiger partial charge on any atom is -0.399 e. The molecule has 0 aliphatic carbocycles. The van der Waals surface area contributed by atoms with Gasteiger partial charge in [-0.3, -0.25) is 14.2 Å². The number of anilines is 1. The van der Waals surface area contributed by atoms with Crippen molar-refractivity contribution in [1.29, 1.82) is 0 Å². The summed E-state index contributed by atoms with van der Waals surface area (Å²) in [5, 5.41) is 4.99. The first-order chi connectivity index (χ1) is 17.5. The van der Waals surface area contributed by atoms with E-state index < -0.39 is 0 Å². The van der Waals surface area contributed by atoms with E-state index in [-0.39, 0.29) is 17.2 Å². The van der Waals surface area contributed by atoms with Crippen molar-refractivity contribution in [3.63, 3.8) is 0 Å². The van der Waals surface area contributed by atoms with Crippen molar-refractivity contribution in [1.82, 2.24) is 4.57 Å². The van der Waals surface area contributed by atoms with Gasteiger partial charge in [0.15, 0.2) is 0 Å². The zero-order valence-electron chi connectivity index (χ0n) is 20.1. The third-order valence-corrected chi connectivity index (χ3v) is 8.29. The van der Waals surface area contributed by atoms with Crippen molar-refractivity contribution in [2.45, 2.75) is 32.7 Å². The van der Waals surface area contributed by atoms with Crippen molar-refractivity contribution in [2.75, 3.05) is 5.73 Å². The second kappa shape index (κ2) is 8.51. The Labute approximate surface area is 211 Å². The number of hydrogen-bond acceptors (Lipinski definition) is 4. The van der Waals surface area contributed by atoms with Crippen LogP contribution in [-0.4, -0.2) is 4.57 Å². The van der Waals surface area contributed by atoms with Crippen LogP contribution in [0, 0.1) is 11.8 Å². The molecular weight excluding hydrogens is 464 g/mol. The van der Waals surface area contributed by atoms with E-state index in [2.05, 4.69) is 24.0 Å². The van der Waals surface area contributed by atoms with Crippen LogP contribution in [0.4, 0.5) is 5.69 Å². The molecule has 36 heavy (non-hydrogen) atoms.